The van der Waals surface area contributed by atoms with Crippen LogP contribution in [-0.2, 0) is 19.1 Å². The molecule has 5 nitrogen and oxygen atoms in total. The van der Waals surface area contributed by atoms with Crippen LogP contribution in [0.15, 0.2) is 60.3 Å². The van der Waals surface area contributed by atoms with E-state index >= 15 is 0 Å². The van der Waals surface area contributed by atoms with Gasteiger partial charge in [-0.2, -0.15) is 0 Å². The second-order valence-corrected chi connectivity index (χ2v) is 6.41. The first-order chi connectivity index (χ1) is 11.8. The molecule has 0 aromatic heterocycles. The van der Waals surface area contributed by atoms with Crippen molar-refractivity contribution in [1.82, 2.24) is 0 Å². The van der Waals surface area contributed by atoms with E-state index in [4.69, 9.17) is 21.1 Å². The standard InChI is InChI=1S/C19H16ClNO4/c1-19(2)24-17(22)16(18(23)25-19)11-21-15-8-6-12(7-9-15)13-4-3-5-14(20)10-13/h3-11,21H,1-2H3. The van der Waals surface area contributed by atoms with Gasteiger partial charge in [0.1, 0.15) is 0 Å². The van der Waals surface area contributed by atoms with Gasteiger partial charge in [-0.15, -0.1) is 0 Å². The predicted molar refractivity (Wildman–Crippen MR) is 94.9 cm³/mol. The van der Waals surface area contributed by atoms with Gasteiger partial charge in [-0.05, 0) is 35.4 Å². The summed E-state index contributed by atoms with van der Waals surface area (Å²) < 4.78 is 10.1. The van der Waals surface area contributed by atoms with Gasteiger partial charge in [0, 0.05) is 30.8 Å². The van der Waals surface area contributed by atoms with Crippen LogP contribution in [0.25, 0.3) is 11.1 Å². The number of ether oxygens (including phenoxy) is 2. The van der Waals surface area contributed by atoms with Crippen molar-refractivity contribution in [3.63, 3.8) is 0 Å². The zero-order valence-electron chi connectivity index (χ0n) is 13.7. The number of halogens is 1. The normalized spacial score (nSPS) is 16.0. The van der Waals surface area contributed by atoms with Gasteiger partial charge in [-0.1, -0.05) is 35.9 Å². The molecule has 0 saturated carbocycles. The Morgan fingerprint density at radius 2 is 1.60 bits per heavy atom. The molecule has 1 N–H and O–H groups in total. The van der Waals surface area contributed by atoms with E-state index in [1.165, 1.54) is 20.0 Å². The molecule has 6 heteroatoms. The van der Waals surface area contributed by atoms with E-state index in [9.17, 15) is 9.59 Å². The van der Waals surface area contributed by atoms with E-state index in [0.29, 0.717) is 10.7 Å². The van der Waals surface area contributed by atoms with Gasteiger partial charge in [0.25, 0.3) is 5.79 Å². The second-order valence-electron chi connectivity index (χ2n) is 5.97. The van der Waals surface area contributed by atoms with Crippen molar-refractivity contribution in [2.24, 2.45) is 0 Å². The summed E-state index contributed by atoms with van der Waals surface area (Å²) in [5, 5.41) is 3.57. The van der Waals surface area contributed by atoms with Crippen molar-refractivity contribution < 1.29 is 19.1 Å². The fourth-order valence-electron chi connectivity index (χ4n) is 2.36. The molecule has 1 saturated heterocycles. The molecule has 0 unspecified atom stereocenters. The van der Waals surface area contributed by atoms with E-state index in [1.54, 1.807) is 0 Å². The molecule has 2 aromatic rings. The van der Waals surface area contributed by atoms with Crippen molar-refractivity contribution >= 4 is 29.2 Å². The summed E-state index contributed by atoms with van der Waals surface area (Å²) in [6, 6.07) is 15.0. The van der Waals surface area contributed by atoms with E-state index in [-0.39, 0.29) is 5.57 Å². The average Bonchev–Trinajstić information content (AvgIpc) is 2.53. The molecule has 0 spiro atoms. The van der Waals surface area contributed by atoms with Crippen molar-refractivity contribution in [2.75, 3.05) is 5.32 Å². The fraction of sp³-hybridized carbons (Fsp3) is 0.158. The first-order valence-electron chi connectivity index (χ1n) is 7.63. The number of anilines is 1. The number of hydrogen-bond acceptors (Lipinski definition) is 5. The highest BCUT2D eigenvalue weighted by molar-refractivity contribution is 6.30. The molecule has 2 aromatic carbocycles. The Balaban J connectivity index is 1.74. The molecule has 3 rings (SSSR count). The minimum atomic E-state index is -1.25. The monoisotopic (exact) mass is 357 g/mol. The van der Waals surface area contributed by atoms with Gasteiger partial charge in [0.2, 0.25) is 0 Å². The number of rotatable bonds is 3. The number of benzene rings is 2. The second kappa shape index (κ2) is 6.61. The summed E-state index contributed by atoms with van der Waals surface area (Å²) in [6.07, 6.45) is 1.29. The van der Waals surface area contributed by atoms with Gasteiger partial charge < -0.3 is 14.8 Å². The highest BCUT2D eigenvalue weighted by Gasteiger charge is 2.38. The maximum atomic E-state index is 11.9. The van der Waals surface area contributed by atoms with Gasteiger partial charge in [-0.25, -0.2) is 9.59 Å². The Morgan fingerprint density at radius 3 is 2.20 bits per heavy atom. The van der Waals surface area contributed by atoms with Crippen LogP contribution in [-0.4, -0.2) is 17.7 Å². The van der Waals surface area contributed by atoms with E-state index < -0.39 is 17.7 Å². The van der Waals surface area contributed by atoms with Crippen molar-refractivity contribution in [3.8, 4) is 11.1 Å². The zero-order chi connectivity index (χ0) is 18.0. The predicted octanol–water partition coefficient (Wildman–Crippen LogP) is 4.14. The summed E-state index contributed by atoms with van der Waals surface area (Å²) in [4.78, 5) is 23.7. The molecule has 128 valence electrons. The molecule has 1 heterocycles. The maximum Gasteiger partial charge on any atom is 0.350 e. The molecular weight excluding hydrogens is 342 g/mol. The molecule has 0 atom stereocenters. The van der Waals surface area contributed by atoms with Gasteiger partial charge in [0.05, 0.1) is 0 Å². The summed E-state index contributed by atoms with van der Waals surface area (Å²) in [7, 11) is 0. The van der Waals surface area contributed by atoms with Gasteiger partial charge >= 0.3 is 11.9 Å². The lowest BCUT2D eigenvalue weighted by molar-refractivity contribution is -0.222. The number of nitrogens with one attached hydrogen (secondary N) is 1. The van der Waals surface area contributed by atoms with Crippen LogP contribution >= 0.6 is 11.6 Å². The van der Waals surface area contributed by atoms with E-state index in [0.717, 1.165) is 11.1 Å². The number of hydrogen-bond donors (Lipinski definition) is 1. The molecule has 1 aliphatic heterocycles. The van der Waals surface area contributed by atoms with Crippen LogP contribution in [0.2, 0.25) is 5.02 Å². The third-order valence-corrected chi connectivity index (χ3v) is 3.78. The summed E-state index contributed by atoms with van der Waals surface area (Å²) in [5.41, 5.74) is 2.53. The number of cyclic esters (lactones) is 2. The lowest BCUT2D eigenvalue weighted by Crippen LogP contribution is -2.42. The minimum absolute atomic E-state index is 0.182. The van der Waals surface area contributed by atoms with Crippen molar-refractivity contribution in [1.29, 1.82) is 0 Å². The summed E-state index contributed by atoms with van der Waals surface area (Å²) >= 11 is 6.00. The van der Waals surface area contributed by atoms with Crippen LogP contribution in [0.5, 0.6) is 0 Å². The first-order valence-corrected chi connectivity index (χ1v) is 8.01. The molecule has 0 bridgehead atoms. The third kappa shape index (κ3) is 4.00. The smallest absolute Gasteiger partial charge is 0.350 e. The highest BCUT2D eigenvalue weighted by Crippen LogP contribution is 2.25. The largest absolute Gasteiger partial charge is 0.419 e. The Kier molecular flexibility index (Phi) is 4.51. The minimum Gasteiger partial charge on any atom is -0.419 e. The summed E-state index contributed by atoms with van der Waals surface area (Å²) in [5.74, 6) is -2.68. The maximum absolute atomic E-state index is 11.9. The van der Waals surface area contributed by atoms with Gasteiger partial charge in [-0.3, -0.25) is 0 Å². The van der Waals surface area contributed by atoms with Crippen LogP contribution < -0.4 is 5.32 Å². The van der Waals surface area contributed by atoms with Crippen molar-refractivity contribution in [2.45, 2.75) is 19.6 Å². The Bertz CT molecular complexity index is 834. The SMILES string of the molecule is CC1(C)OC(=O)C(=CNc2ccc(-c3cccc(Cl)c3)cc2)C(=O)O1. The Hall–Kier alpha value is -2.79. The molecule has 1 fully saturated rings. The molecule has 25 heavy (non-hydrogen) atoms. The Morgan fingerprint density at radius 1 is 0.960 bits per heavy atom. The van der Waals surface area contributed by atoms with Gasteiger partial charge in [0.15, 0.2) is 5.57 Å². The van der Waals surface area contributed by atoms with Crippen LogP contribution in [0, 0.1) is 0 Å². The average molecular weight is 358 g/mol. The molecule has 0 amide bonds. The fourth-order valence-corrected chi connectivity index (χ4v) is 2.55. The number of esters is 2. The van der Waals surface area contributed by atoms with Crippen LogP contribution in [0.4, 0.5) is 5.69 Å². The Labute approximate surface area is 150 Å². The molecule has 0 radical (unpaired) electrons. The van der Waals surface area contributed by atoms with Crippen LogP contribution in [0.3, 0.4) is 0 Å². The lowest BCUT2D eigenvalue weighted by atomic mass is 10.1. The third-order valence-electron chi connectivity index (χ3n) is 3.54. The molecule has 0 aliphatic carbocycles. The molecular formula is C19H16ClNO4. The van der Waals surface area contributed by atoms with E-state index in [1.807, 2.05) is 48.5 Å². The topological polar surface area (TPSA) is 64.6 Å². The van der Waals surface area contributed by atoms with Crippen LogP contribution in [0.1, 0.15) is 13.8 Å². The van der Waals surface area contributed by atoms with E-state index in [2.05, 4.69) is 5.32 Å². The quantitative estimate of drug-likeness (QED) is 0.508. The highest BCUT2D eigenvalue weighted by atomic mass is 35.5. The number of carbonyl (C=O) groups is 2. The van der Waals surface area contributed by atoms with Crippen molar-refractivity contribution in [3.05, 3.63) is 65.3 Å². The first kappa shape index (κ1) is 17.0. The zero-order valence-corrected chi connectivity index (χ0v) is 14.5. The lowest BCUT2D eigenvalue weighted by Gasteiger charge is -2.29. The summed E-state index contributed by atoms with van der Waals surface area (Å²) in [6.45, 7) is 3.00. The molecule has 1 aliphatic rings. The number of carbonyl (C=O) groups excluding carboxylic acids is 2.